The lowest BCUT2D eigenvalue weighted by Crippen LogP contribution is -2.54. The minimum Gasteiger partial charge on any atom is -0.338 e. The fourth-order valence-corrected chi connectivity index (χ4v) is 2.79. The largest absolute Gasteiger partial charge is 0.338 e. The van der Waals surface area contributed by atoms with Gasteiger partial charge in [-0.2, -0.15) is 0 Å². The Morgan fingerprint density at radius 2 is 1.87 bits per heavy atom. The summed E-state index contributed by atoms with van der Waals surface area (Å²) in [6, 6.07) is 3.50. The molecule has 1 aliphatic heterocycles. The zero-order chi connectivity index (χ0) is 17.0. The van der Waals surface area contributed by atoms with Gasteiger partial charge in [-0.3, -0.25) is 9.59 Å². The highest BCUT2D eigenvalue weighted by Crippen LogP contribution is 2.17. The van der Waals surface area contributed by atoms with Crippen LogP contribution in [0.15, 0.2) is 18.2 Å². The summed E-state index contributed by atoms with van der Waals surface area (Å²) in [5.41, 5.74) is 5.84. The van der Waals surface area contributed by atoms with Crippen molar-refractivity contribution in [1.82, 2.24) is 9.80 Å². The first-order chi connectivity index (χ1) is 10.9. The van der Waals surface area contributed by atoms with Gasteiger partial charge in [-0.1, -0.05) is 24.9 Å². The number of carbonyl (C=O) groups is 2. The molecule has 0 spiro atoms. The maximum absolute atomic E-state index is 13.8. The van der Waals surface area contributed by atoms with Gasteiger partial charge in [-0.15, -0.1) is 0 Å². The number of nitrogens with zero attached hydrogens (tertiary/aromatic N) is 2. The van der Waals surface area contributed by atoms with E-state index >= 15 is 0 Å². The molecule has 5 nitrogen and oxygen atoms in total. The molecule has 2 amide bonds. The van der Waals surface area contributed by atoms with Gasteiger partial charge in [-0.05, 0) is 24.6 Å². The second kappa shape index (κ2) is 7.75. The lowest BCUT2D eigenvalue weighted by molar-refractivity contribution is -0.134. The number of hydrogen-bond acceptors (Lipinski definition) is 3. The molecule has 1 aliphatic rings. The SMILES string of the molecule is CCCC(N)C(=O)N1CCN(C(=O)c2ccc(Cl)cc2F)CC1. The van der Waals surface area contributed by atoms with Crippen LogP contribution in [0.5, 0.6) is 0 Å². The van der Waals surface area contributed by atoms with E-state index in [0.29, 0.717) is 32.6 Å². The fourth-order valence-electron chi connectivity index (χ4n) is 2.63. The molecule has 23 heavy (non-hydrogen) atoms. The highest BCUT2D eigenvalue weighted by atomic mass is 35.5. The molecule has 0 aromatic heterocycles. The van der Waals surface area contributed by atoms with Gasteiger partial charge in [0.2, 0.25) is 5.91 Å². The fraction of sp³-hybridized carbons (Fsp3) is 0.500. The van der Waals surface area contributed by atoms with E-state index in [1.807, 2.05) is 6.92 Å². The van der Waals surface area contributed by atoms with Gasteiger partial charge in [0.15, 0.2) is 0 Å². The lowest BCUT2D eigenvalue weighted by Gasteiger charge is -2.36. The van der Waals surface area contributed by atoms with Crippen molar-refractivity contribution >= 4 is 23.4 Å². The summed E-state index contributed by atoms with van der Waals surface area (Å²) in [7, 11) is 0. The van der Waals surface area contributed by atoms with Crippen molar-refractivity contribution < 1.29 is 14.0 Å². The van der Waals surface area contributed by atoms with Crippen molar-refractivity contribution in [2.24, 2.45) is 5.73 Å². The number of rotatable bonds is 4. The minimum absolute atomic E-state index is 0.00291. The summed E-state index contributed by atoms with van der Waals surface area (Å²) in [4.78, 5) is 27.7. The quantitative estimate of drug-likeness (QED) is 0.909. The van der Waals surface area contributed by atoms with E-state index in [0.717, 1.165) is 12.5 Å². The Hall–Kier alpha value is -1.66. The molecule has 2 N–H and O–H groups in total. The summed E-state index contributed by atoms with van der Waals surface area (Å²) >= 11 is 5.70. The predicted molar refractivity (Wildman–Crippen MR) is 86.8 cm³/mol. The first-order valence-corrected chi connectivity index (χ1v) is 8.10. The van der Waals surface area contributed by atoms with E-state index in [2.05, 4.69) is 0 Å². The minimum atomic E-state index is -0.633. The molecular weight excluding hydrogens is 321 g/mol. The molecule has 1 heterocycles. The van der Waals surface area contributed by atoms with Gasteiger partial charge in [0.05, 0.1) is 11.6 Å². The van der Waals surface area contributed by atoms with Crippen LogP contribution in [0.1, 0.15) is 30.1 Å². The number of amides is 2. The van der Waals surface area contributed by atoms with Crippen molar-refractivity contribution in [1.29, 1.82) is 0 Å². The maximum Gasteiger partial charge on any atom is 0.256 e. The van der Waals surface area contributed by atoms with Crippen LogP contribution in [0.3, 0.4) is 0 Å². The third-order valence-electron chi connectivity index (χ3n) is 3.96. The van der Waals surface area contributed by atoms with Gasteiger partial charge < -0.3 is 15.5 Å². The van der Waals surface area contributed by atoms with E-state index in [9.17, 15) is 14.0 Å². The molecule has 1 saturated heterocycles. The normalized spacial score (nSPS) is 16.3. The standard InChI is InChI=1S/C16H21ClFN3O2/c1-2-3-14(19)16(23)21-8-6-20(7-9-21)15(22)12-5-4-11(17)10-13(12)18/h4-5,10,14H,2-3,6-9,19H2,1H3. The average molecular weight is 342 g/mol. The molecule has 0 radical (unpaired) electrons. The Labute approximate surface area is 140 Å². The highest BCUT2D eigenvalue weighted by Gasteiger charge is 2.28. The Morgan fingerprint density at radius 1 is 1.26 bits per heavy atom. The van der Waals surface area contributed by atoms with E-state index in [-0.39, 0.29) is 22.4 Å². The first-order valence-electron chi connectivity index (χ1n) is 7.72. The van der Waals surface area contributed by atoms with Crippen LogP contribution >= 0.6 is 11.6 Å². The van der Waals surface area contributed by atoms with Crippen molar-refractivity contribution in [2.45, 2.75) is 25.8 Å². The molecule has 2 rings (SSSR count). The number of nitrogens with two attached hydrogens (primary N) is 1. The Kier molecular flexibility index (Phi) is 5.96. The number of halogens is 2. The maximum atomic E-state index is 13.8. The van der Waals surface area contributed by atoms with Gasteiger partial charge in [0.25, 0.3) is 5.91 Å². The van der Waals surface area contributed by atoms with Crippen LogP contribution in [0.25, 0.3) is 0 Å². The van der Waals surface area contributed by atoms with E-state index in [1.54, 1.807) is 9.80 Å². The van der Waals surface area contributed by atoms with Gasteiger partial charge in [-0.25, -0.2) is 4.39 Å². The zero-order valence-electron chi connectivity index (χ0n) is 13.1. The van der Waals surface area contributed by atoms with Gasteiger partial charge in [0, 0.05) is 31.2 Å². The van der Waals surface area contributed by atoms with Crippen LogP contribution in [0, 0.1) is 5.82 Å². The second-order valence-corrected chi connectivity index (χ2v) is 6.07. The monoisotopic (exact) mass is 341 g/mol. The molecule has 1 atom stereocenters. The Bertz CT molecular complexity index is 589. The number of piperazine rings is 1. The summed E-state index contributed by atoms with van der Waals surface area (Å²) in [5.74, 6) is -1.10. The molecule has 1 aromatic rings. The third kappa shape index (κ3) is 4.20. The van der Waals surface area contributed by atoms with E-state index < -0.39 is 11.9 Å². The van der Waals surface area contributed by atoms with Crippen LogP contribution < -0.4 is 5.73 Å². The molecule has 1 fully saturated rings. The molecule has 7 heteroatoms. The number of benzene rings is 1. The van der Waals surface area contributed by atoms with E-state index in [1.165, 1.54) is 12.1 Å². The molecule has 0 aliphatic carbocycles. The smallest absolute Gasteiger partial charge is 0.256 e. The molecular formula is C16H21ClFN3O2. The number of hydrogen-bond donors (Lipinski definition) is 1. The van der Waals surface area contributed by atoms with E-state index in [4.69, 9.17) is 17.3 Å². The molecule has 1 aromatic carbocycles. The average Bonchev–Trinajstić information content (AvgIpc) is 2.54. The van der Waals surface area contributed by atoms with Crippen LogP contribution in [0.2, 0.25) is 5.02 Å². The third-order valence-corrected chi connectivity index (χ3v) is 4.19. The Balaban J connectivity index is 1.96. The summed E-state index contributed by atoms with van der Waals surface area (Å²) in [6.07, 6.45) is 1.50. The Morgan fingerprint density at radius 3 is 2.43 bits per heavy atom. The van der Waals surface area contributed by atoms with Crippen molar-refractivity contribution in [3.05, 3.63) is 34.6 Å². The lowest BCUT2D eigenvalue weighted by atomic mass is 10.1. The molecule has 0 bridgehead atoms. The summed E-state index contributed by atoms with van der Waals surface area (Å²) in [6.45, 7) is 3.54. The second-order valence-electron chi connectivity index (χ2n) is 5.64. The zero-order valence-corrected chi connectivity index (χ0v) is 13.9. The topological polar surface area (TPSA) is 66.6 Å². The van der Waals surface area contributed by atoms with Crippen LogP contribution in [-0.2, 0) is 4.79 Å². The molecule has 0 saturated carbocycles. The predicted octanol–water partition coefficient (Wildman–Crippen LogP) is 1.89. The molecule has 126 valence electrons. The number of carbonyl (C=O) groups excluding carboxylic acids is 2. The van der Waals surface area contributed by atoms with Crippen molar-refractivity contribution in [3.8, 4) is 0 Å². The van der Waals surface area contributed by atoms with Crippen molar-refractivity contribution in [2.75, 3.05) is 26.2 Å². The molecule has 1 unspecified atom stereocenters. The highest BCUT2D eigenvalue weighted by molar-refractivity contribution is 6.30. The van der Waals surface area contributed by atoms with Crippen molar-refractivity contribution in [3.63, 3.8) is 0 Å². The van der Waals surface area contributed by atoms with Crippen LogP contribution in [-0.4, -0.2) is 53.8 Å². The van der Waals surface area contributed by atoms with Gasteiger partial charge >= 0.3 is 0 Å². The first kappa shape index (κ1) is 17.7. The van der Waals surface area contributed by atoms with Crippen LogP contribution in [0.4, 0.5) is 4.39 Å². The summed E-state index contributed by atoms with van der Waals surface area (Å²) < 4.78 is 13.8. The van der Waals surface area contributed by atoms with Gasteiger partial charge in [0.1, 0.15) is 5.82 Å². The summed E-state index contributed by atoms with van der Waals surface area (Å²) in [5, 5.41) is 0.249.